The van der Waals surface area contributed by atoms with Crippen LogP contribution < -0.4 is 4.90 Å². The molecule has 0 radical (unpaired) electrons. The lowest BCUT2D eigenvalue weighted by atomic mass is 10.1. The van der Waals surface area contributed by atoms with Crippen LogP contribution in [0.4, 0.5) is 5.69 Å². The van der Waals surface area contributed by atoms with Crippen LogP contribution in [0.5, 0.6) is 0 Å². The first-order valence-electron chi connectivity index (χ1n) is 10.3. The Labute approximate surface area is 173 Å². The quantitative estimate of drug-likeness (QED) is 0.432. The van der Waals surface area contributed by atoms with Crippen molar-refractivity contribution in [2.75, 3.05) is 38.1 Å². The minimum absolute atomic E-state index is 0.941. The maximum atomic E-state index is 4.64. The normalized spacial score (nSPS) is 15.4. The Morgan fingerprint density at radius 2 is 1.80 bits per heavy atom. The smallest absolute Gasteiger partial charge is 0.116 e. The van der Waals surface area contributed by atoms with Gasteiger partial charge in [0.15, 0.2) is 0 Å². The van der Waals surface area contributed by atoms with Gasteiger partial charge in [0, 0.05) is 59.9 Å². The van der Waals surface area contributed by atoms with E-state index >= 15 is 0 Å². The van der Waals surface area contributed by atoms with E-state index in [2.05, 4.69) is 84.7 Å². The van der Waals surface area contributed by atoms with Crippen LogP contribution in [-0.2, 0) is 0 Å². The number of nitrogens with zero attached hydrogens (tertiary/aromatic N) is 4. The molecule has 4 heterocycles. The van der Waals surface area contributed by atoms with Crippen LogP contribution in [0.1, 0.15) is 0 Å². The van der Waals surface area contributed by atoms with Crippen molar-refractivity contribution in [1.29, 1.82) is 0 Å². The molecule has 0 aliphatic carbocycles. The van der Waals surface area contributed by atoms with Gasteiger partial charge in [-0.25, -0.2) is 0 Å². The van der Waals surface area contributed by atoms with Crippen LogP contribution in [0.25, 0.3) is 44.3 Å². The summed E-state index contributed by atoms with van der Waals surface area (Å²) >= 11 is 0. The van der Waals surface area contributed by atoms with Gasteiger partial charge in [-0.2, -0.15) is 10.2 Å². The van der Waals surface area contributed by atoms with Gasteiger partial charge in [-0.05, 0) is 42.9 Å². The number of hydrogen-bond acceptors (Lipinski definition) is 4. The molecule has 0 amide bonds. The van der Waals surface area contributed by atoms with Gasteiger partial charge in [0.1, 0.15) is 5.69 Å². The van der Waals surface area contributed by atoms with Crippen LogP contribution in [-0.4, -0.2) is 63.5 Å². The third-order valence-electron chi connectivity index (χ3n) is 6.13. The van der Waals surface area contributed by atoms with Crippen molar-refractivity contribution in [3.05, 3.63) is 54.9 Å². The van der Waals surface area contributed by atoms with E-state index in [1.54, 1.807) is 0 Å². The van der Waals surface area contributed by atoms with E-state index in [1.807, 2.05) is 12.4 Å². The van der Waals surface area contributed by atoms with Crippen LogP contribution in [0, 0.1) is 0 Å². The highest BCUT2D eigenvalue weighted by Gasteiger charge is 2.18. The summed E-state index contributed by atoms with van der Waals surface area (Å²) < 4.78 is 0. The molecule has 0 atom stereocenters. The number of rotatable bonds is 3. The molecule has 0 spiro atoms. The van der Waals surface area contributed by atoms with Crippen LogP contribution in [0.3, 0.4) is 0 Å². The predicted octanol–water partition coefficient (Wildman–Crippen LogP) is 3.85. The fraction of sp³-hybridized carbons (Fsp3) is 0.217. The number of aromatic amines is 3. The van der Waals surface area contributed by atoms with Gasteiger partial charge in [-0.1, -0.05) is 12.1 Å². The first-order valence-corrected chi connectivity index (χ1v) is 10.3. The zero-order valence-electron chi connectivity index (χ0n) is 16.8. The fourth-order valence-electron chi connectivity index (χ4n) is 4.40. The molecule has 7 nitrogen and oxygen atoms in total. The van der Waals surface area contributed by atoms with Gasteiger partial charge < -0.3 is 14.8 Å². The lowest BCUT2D eigenvalue weighted by molar-refractivity contribution is 0.313. The summed E-state index contributed by atoms with van der Waals surface area (Å²) in [5.74, 6) is 0. The van der Waals surface area contributed by atoms with Crippen molar-refractivity contribution >= 4 is 27.5 Å². The lowest BCUT2D eigenvalue weighted by Gasteiger charge is -2.34. The number of anilines is 1. The first-order chi connectivity index (χ1) is 14.8. The third kappa shape index (κ3) is 2.78. The van der Waals surface area contributed by atoms with Crippen molar-refractivity contribution in [3.63, 3.8) is 0 Å². The SMILES string of the molecule is CN1CCN(c2cccc3[nH]c(-c4n[nH]c5ccc(-c6cn[nH]c6)cc45)cc23)CC1. The predicted molar refractivity (Wildman–Crippen MR) is 121 cm³/mol. The lowest BCUT2D eigenvalue weighted by Crippen LogP contribution is -2.44. The summed E-state index contributed by atoms with van der Waals surface area (Å²) in [6.45, 7) is 4.29. The third-order valence-corrected chi connectivity index (χ3v) is 6.13. The van der Waals surface area contributed by atoms with E-state index < -0.39 is 0 Å². The van der Waals surface area contributed by atoms with E-state index in [1.165, 1.54) is 11.1 Å². The number of likely N-dealkylation sites (N-methyl/N-ethyl adjacent to an activating group) is 1. The van der Waals surface area contributed by atoms with Gasteiger partial charge in [0.2, 0.25) is 0 Å². The molecule has 1 fully saturated rings. The molecule has 150 valence electrons. The highest BCUT2D eigenvalue weighted by Crippen LogP contribution is 2.35. The monoisotopic (exact) mass is 397 g/mol. The topological polar surface area (TPSA) is 79.6 Å². The maximum Gasteiger partial charge on any atom is 0.116 e. The molecule has 2 aromatic carbocycles. The van der Waals surface area contributed by atoms with E-state index in [9.17, 15) is 0 Å². The van der Waals surface area contributed by atoms with Gasteiger partial charge in [-0.3, -0.25) is 10.2 Å². The number of nitrogens with one attached hydrogen (secondary N) is 3. The Bertz CT molecular complexity index is 1320. The average molecular weight is 397 g/mol. The summed E-state index contributed by atoms with van der Waals surface area (Å²) in [5.41, 5.74) is 7.62. The molecule has 3 aromatic heterocycles. The summed E-state index contributed by atoms with van der Waals surface area (Å²) in [4.78, 5) is 8.46. The van der Waals surface area contributed by atoms with Gasteiger partial charge in [0.25, 0.3) is 0 Å². The van der Waals surface area contributed by atoms with Gasteiger partial charge >= 0.3 is 0 Å². The van der Waals surface area contributed by atoms with Gasteiger partial charge in [0.05, 0.1) is 17.4 Å². The van der Waals surface area contributed by atoms with Crippen LogP contribution in [0.2, 0.25) is 0 Å². The Balaban J connectivity index is 1.45. The Hall–Kier alpha value is -3.58. The number of benzene rings is 2. The van der Waals surface area contributed by atoms with Crippen molar-refractivity contribution in [1.82, 2.24) is 30.3 Å². The van der Waals surface area contributed by atoms with E-state index in [0.29, 0.717) is 0 Å². The van der Waals surface area contributed by atoms with E-state index in [4.69, 9.17) is 0 Å². The van der Waals surface area contributed by atoms with Crippen LogP contribution >= 0.6 is 0 Å². The molecular formula is C23H23N7. The molecule has 1 aliphatic rings. The molecule has 5 aromatic rings. The van der Waals surface area contributed by atoms with E-state index in [-0.39, 0.29) is 0 Å². The number of hydrogen-bond donors (Lipinski definition) is 3. The summed E-state index contributed by atoms with van der Waals surface area (Å²) in [5, 5.41) is 17.1. The molecular weight excluding hydrogens is 374 g/mol. The molecule has 0 saturated carbocycles. The van der Waals surface area contributed by atoms with Crippen molar-refractivity contribution in [2.45, 2.75) is 0 Å². The first kappa shape index (κ1) is 17.3. The number of piperazine rings is 1. The van der Waals surface area contributed by atoms with Crippen LogP contribution in [0.15, 0.2) is 54.9 Å². The highest BCUT2D eigenvalue weighted by molar-refractivity contribution is 6.00. The number of aromatic nitrogens is 5. The Kier molecular flexibility index (Phi) is 3.89. The maximum absolute atomic E-state index is 4.64. The second-order valence-corrected chi connectivity index (χ2v) is 8.03. The minimum atomic E-state index is 0.941. The standard InChI is InChI=1S/C23H23N7/c1-29-7-9-30(10-8-29)22-4-2-3-19-17(22)12-21(26-19)23-18-11-15(16-13-24-25-14-16)5-6-20(18)27-28-23/h2-6,11-14,26H,7-10H2,1H3,(H,24,25)(H,27,28). The summed E-state index contributed by atoms with van der Waals surface area (Å²) in [6.07, 6.45) is 3.75. The number of H-pyrrole nitrogens is 3. The zero-order chi connectivity index (χ0) is 20.1. The second kappa shape index (κ2) is 6.74. The minimum Gasteiger partial charge on any atom is -0.368 e. The van der Waals surface area contributed by atoms with Crippen molar-refractivity contribution in [2.24, 2.45) is 0 Å². The fourth-order valence-corrected chi connectivity index (χ4v) is 4.40. The summed E-state index contributed by atoms with van der Waals surface area (Å²) in [6, 6.07) is 15.1. The summed E-state index contributed by atoms with van der Waals surface area (Å²) in [7, 11) is 2.19. The molecule has 3 N–H and O–H groups in total. The Morgan fingerprint density at radius 3 is 2.63 bits per heavy atom. The average Bonchev–Trinajstić information content (AvgIpc) is 3.52. The molecule has 1 saturated heterocycles. The highest BCUT2D eigenvalue weighted by atomic mass is 15.2. The molecule has 6 rings (SSSR count). The number of fused-ring (bicyclic) bond motifs is 2. The molecule has 7 heteroatoms. The molecule has 30 heavy (non-hydrogen) atoms. The molecule has 0 unspecified atom stereocenters. The van der Waals surface area contributed by atoms with Gasteiger partial charge in [-0.15, -0.1) is 0 Å². The largest absolute Gasteiger partial charge is 0.368 e. The zero-order valence-corrected chi connectivity index (χ0v) is 16.8. The van der Waals surface area contributed by atoms with Crippen molar-refractivity contribution in [3.8, 4) is 22.5 Å². The second-order valence-electron chi connectivity index (χ2n) is 8.03. The van der Waals surface area contributed by atoms with Crippen molar-refractivity contribution < 1.29 is 0 Å². The molecule has 0 bridgehead atoms. The molecule has 1 aliphatic heterocycles. The van der Waals surface area contributed by atoms with E-state index in [0.717, 1.165) is 65.1 Å². The Morgan fingerprint density at radius 1 is 0.900 bits per heavy atom.